The zero-order valence-corrected chi connectivity index (χ0v) is 15.3. The third-order valence-corrected chi connectivity index (χ3v) is 4.01. The van der Waals surface area contributed by atoms with Gasteiger partial charge in [-0.15, -0.1) is 0 Å². The van der Waals surface area contributed by atoms with Crippen molar-refractivity contribution in [3.8, 4) is 0 Å². The molecule has 0 aliphatic heterocycles. The van der Waals surface area contributed by atoms with Gasteiger partial charge in [0.25, 0.3) is 0 Å². The number of allylic oxidation sites excluding steroid dienone is 1. The largest absolute Gasteiger partial charge is 0.357 e. The summed E-state index contributed by atoms with van der Waals surface area (Å²) in [5.41, 5.74) is 1.15. The fourth-order valence-corrected chi connectivity index (χ4v) is 2.96. The average molecular weight is 355 g/mol. The van der Waals surface area contributed by atoms with Crippen molar-refractivity contribution in [2.75, 3.05) is 19.3 Å². The Bertz CT molecular complexity index is 685. The van der Waals surface area contributed by atoms with Gasteiger partial charge in [0, 0.05) is 19.3 Å². The highest BCUT2D eigenvalue weighted by atomic mass is 32.2. The summed E-state index contributed by atoms with van der Waals surface area (Å²) in [5, 5.41) is 6.30. The summed E-state index contributed by atoms with van der Waals surface area (Å²) in [5.74, 6) is 0.101. The number of nitrogens with zero attached hydrogens (tertiary/aromatic N) is 1. The van der Waals surface area contributed by atoms with E-state index < -0.39 is 15.7 Å². The molecule has 134 valence electrons. The first-order valence-corrected chi connectivity index (χ1v) is 10.00. The lowest BCUT2D eigenvalue weighted by Crippen LogP contribution is -2.37. The molecule has 1 rings (SSSR count). The van der Waals surface area contributed by atoms with Gasteiger partial charge < -0.3 is 10.6 Å². The minimum absolute atomic E-state index is 0.122. The van der Waals surface area contributed by atoms with Crippen LogP contribution in [0.1, 0.15) is 31.4 Å². The van der Waals surface area contributed by atoms with Crippen molar-refractivity contribution >= 4 is 15.8 Å². The lowest BCUT2D eigenvalue weighted by Gasteiger charge is -2.12. The van der Waals surface area contributed by atoms with Gasteiger partial charge in [0.05, 0.1) is 12.3 Å². The molecule has 0 aliphatic rings. The van der Waals surface area contributed by atoms with E-state index >= 15 is 0 Å². The minimum atomic E-state index is -3.19. The zero-order valence-electron chi connectivity index (χ0n) is 14.5. The van der Waals surface area contributed by atoms with Crippen molar-refractivity contribution in [3.05, 3.63) is 47.3 Å². The van der Waals surface area contributed by atoms with Crippen molar-refractivity contribution in [1.29, 1.82) is 0 Å². The fraction of sp³-hybridized carbons (Fsp3) is 0.471. The average Bonchev–Trinajstić information content (AvgIpc) is 2.50. The second-order valence-electron chi connectivity index (χ2n) is 5.46. The molecule has 0 aromatic heterocycles. The standard InChI is InChI=1S/C17H26FN3O2S/c1-4-6-7-10-20-17(19-5-2)21-12-15-11-16(18)9-8-14(15)13-24(3,22)23/h4,6,8-9,11H,5,7,10,12-13H2,1-3H3,(H2,19,20,21)/b6-4+. The third-order valence-electron chi connectivity index (χ3n) is 3.18. The van der Waals surface area contributed by atoms with E-state index in [0.717, 1.165) is 19.2 Å². The number of guanidine groups is 1. The van der Waals surface area contributed by atoms with Crippen molar-refractivity contribution in [2.24, 2.45) is 4.99 Å². The molecule has 0 saturated carbocycles. The van der Waals surface area contributed by atoms with Crippen LogP contribution in [0, 0.1) is 5.82 Å². The lowest BCUT2D eigenvalue weighted by atomic mass is 10.1. The second kappa shape index (κ2) is 10.1. The SMILES string of the molecule is C/C=C/CCNC(=NCc1cc(F)ccc1CS(C)(=O)=O)NCC. The highest BCUT2D eigenvalue weighted by Crippen LogP contribution is 2.15. The quantitative estimate of drug-likeness (QED) is 0.325. The third kappa shape index (κ3) is 8.10. The number of hydrogen-bond acceptors (Lipinski definition) is 3. The molecule has 0 aliphatic carbocycles. The van der Waals surface area contributed by atoms with E-state index in [1.54, 1.807) is 0 Å². The lowest BCUT2D eigenvalue weighted by molar-refractivity contribution is 0.600. The van der Waals surface area contributed by atoms with Crippen LogP contribution in [-0.2, 0) is 22.1 Å². The highest BCUT2D eigenvalue weighted by molar-refractivity contribution is 7.89. The number of hydrogen-bond donors (Lipinski definition) is 2. The van der Waals surface area contributed by atoms with E-state index in [1.165, 1.54) is 18.2 Å². The van der Waals surface area contributed by atoms with Gasteiger partial charge in [-0.3, -0.25) is 0 Å². The molecule has 0 spiro atoms. The van der Waals surface area contributed by atoms with Crippen LogP contribution in [0.5, 0.6) is 0 Å². The number of halogens is 1. The normalized spacial score (nSPS) is 12.6. The molecule has 5 nitrogen and oxygen atoms in total. The Labute approximate surface area is 144 Å². The van der Waals surface area contributed by atoms with E-state index in [9.17, 15) is 12.8 Å². The first-order chi connectivity index (χ1) is 11.4. The predicted octanol–water partition coefficient (Wildman–Crippen LogP) is 2.39. The van der Waals surface area contributed by atoms with E-state index in [-0.39, 0.29) is 12.3 Å². The van der Waals surface area contributed by atoms with Crippen molar-refractivity contribution in [3.63, 3.8) is 0 Å². The minimum Gasteiger partial charge on any atom is -0.357 e. The van der Waals surface area contributed by atoms with Gasteiger partial charge in [-0.05, 0) is 43.5 Å². The molecule has 0 unspecified atom stereocenters. The molecular formula is C17H26FN3O2S. The van der Waals surface area contributed by atoms with Crippen LogP contribution >= 0.6 is 0 Å². The van der Waals surface area contributed by atoms with Gasteiger partial charge in [0.15, 0.2) is 15.8 Å². The fourth-order valence-electron chi connectivity index (χ4n) is 2.11. The first-order valence-electron chi connectivity index (χ1n) is 7.94. The van der Waals surface area contributed by atoms with Crippen LogP contribution in [0.15, 0.2) is 35.3 Å². The monoisotopic (exact) mass is 355 g/mol. The van der Waals surface area contributed by atoms with Gasteiger partial charge >= 0.3 is 0 Å². The predicted molar refractivity (Wildman–Crippen MR) is 97.2 cm³/mol. The first kappa shape index (κ1) is 20.2. The molecule has 1 aromatic rings. The summed E-state index contributed by atoms with van der Waals surface area (Å²) in [6, 6.07) is 4.12. The number of aliphatic imine (C=N–C) groups is 1. The number of nitrogens with one attached hydrogen (secondary N) is 2. The summed E-state index contributed by atoms with van der Waals surface area (Å²) in [6.45, 7) is 5.57. The Morgan fingerprint density at radius 2 is 2.04 bits per heavy atom. The van der Waals surface area contributed by atoms with E-state index in [0.29, 0.717) is 23.6 Å². The molecule has 0 heterocycles. The smallest absolute Gasteiger partial charge is 0.191 e. The van der Waals surface area contributed by atoms with E-state index in [2.05, 4.69) is 15.6 Å². The van der Waals surface area contributed by atoms with Crippen molar-refractivity contribution in [1.82, 2.24) is 10.6 Å². The summed E-state index contributed by atoms with van der Waals surface area (Å²) in [6.07, 6.45) is 6.07. The molecule has 0 amide bonds. The van der Waals surface area contributed by atoms with Crippen LogP contribution in [0.3, 0.4) is 0 Å². The van der Waals surface area contributed by atoms with E-state index in [4.69, 9.17) is 0 Å². The molecule has 24 heavy (non-hydrogen) atoms. The molecule has 0 saturated heterocycles. The summed E-state index contributed by atoms with van der Waals surface area (Å²) in [7, 11) is -3.19. The van der Waals surface area contributed by atoms with Crippen LogP contribution in [0.4, 0.5) is 4.39 Å². The molecule has 0 radical (unpaired) electrons. The van der Waals surface area contributed by atoms with Crippen LogP contribution in [0.25, 0.3) is 0 Å². The molecule has 1 aromatic carbocycles. The van der Waals surface area contributed by atoms with Gasteiger partial charge in [-0.2, -0.15) is 0 Å². The topological polar surface area (TPSA) is 70.6 Å². The number of sulfone groups is 1. The number of rotatable bonds is 8. The van der Waals surface area contributed by atoms with Crippen LogP contribution in [0.2, 0.25) is 0 Å². The maximum absolute atomic E-state index is 13.5. The Kier molecular flexibility index (Phi) is 8.46. The Hall–Kier alpha value is -1.89. The number of benzene rings is 1. The van der Waals surface area contributed by atoms with Gasteiger partial charge in [-0.25, -0.2) is 17.8 Å². The molecule has 0 bridgehead atoms. The maximum Gasteiger partial charge on any atom is 0.191 e. The van der Waals surface area contributed by atoms with Crippen LogP contribution < -0.4 is 10.6 Å². The Morgan fingerprint density at radius 3 is 2.67 bits per heavy atom. The summed E-state index contributed by atoms with van der Waals surface area (Å²) in [4.78, 5) is 4.42. The summed E-state index contributed by atoms with van der Waals surface area (Å²) >= 11 is 0. The van der Waals surface area contributed by atoms with Gasteiger partial charge in [-0.1, -0.05) is 18.2 Å². The van der Waals surface area contributed by atoms with Crippen molar-refractivity contribution in [2.45, 2.75) is 32.6 Å². The molecular weight excluding hydrogens is 329 g/mol. The highest BCUT2D eigenvalue weighted by Gasteiger charge is 2.10. The van der Waals surface area contributed by atoms with E-state index in [1.807, 2.05) is 26.0 Å². The molecule has 0 atom stereocenters. The zero-order chi connectivity index (χ0) is 18.0. The molecule has 0 fully saturated rings. The second-order valence-corrected chi connectivity index (χ2v) is 7.60. The molecule has 2 N–H and O–H groups in total. The van der Waals surface area contributed by atoms with Crippen LogP contribution in [-0.4, -0.2) is 33.7 Å². The Balaban J connectivity index is 2.88. The maximum atomic E-state index is 13.5. The van der Waals surface area contributed by atoms with Gasteiger partial charge in [0.1, 0.15) is 5.82 Å². The van der Waals surface area contributed by atoms with Gasteiger partial charge in [0.2, 0.25) is 0 Å². The summed E-state index contributed by atoms with van der Waals surface area (Å²) < 4.78 is 36.5. The Morgan fingerprint density at radius 1 is 1.29 bits per heavy atom. The van der Waals surface area contributed by atoms with Crippen molar-refractivity contribution < 1.29 is 12.8 Å². The molecule has 7 heteroatoms.